The summed E-state index contributed by atoms with van der Waals surface area (Å²) in [4.78, 5) is 27.4. The van der Waals surface area contributed by atoms with E-state index in [2.05, 4.69) is 4.99 Å². The first-order valence-electron chi connectivity index (χ1n) is 5.90. The lowest BCUT2D eigenvalue weighted by atomic mass is 9.94. The molecular weight excluding hydrogens is 244 g/mol. The normalized spacial score (nSPS) is 18.2. The SMILES string of the molecule is Cc1c(O)ccc(N=C2CC(=O)C(=N)CC2=O)c1C. The van der Waals surface area contributed by atoms with Crippen LogP contribution in [0.3, 0.4) is 0 Å². The number of nitrogens with zero attached hydrogens (tertiary/aromatic N) is 1. The van der Waals surface area contributed by atoms with Crippen LogP contribution in [0.5, 0.6) is 5.75 Å². The Balaban J connectivity index is 2.41. The molecule has 1 saturated carbocycles. The van der Waals surface area contributed by atoms with E-state index < -0.39 is 0 Å². The molecule has 0 heterocycles. The van der Waals surface area contributed by atoms with Crippen LogP contribution in [-0.4, -0.2) is 28.1 Å². The third-order valence-electron chi connectivity index (χ3n) is 3.31. The van der Waals surface area contributed by atoms with Crippen molar-refractivity contribution < 1.29 is 14.7 Å². The summed E-state index contributed by atoms with van der Waals surface area (Å²) in [7, 11) is 0. The lowest BCUT2D eigenvalue weighted by Crippen LogP contribution is -2.32. The summed E-state index contributed by atoms with van der Waals surface area (Å²) < 4.78 is 0. The molecule has 19 heavy (non-hydrogen) atoms. The highest BCUT2D eigenvalue weighted by Crippen LogP contribution is 2.29. The Morgan fingerprint density at radius 2 is 1.79 bits per heavy atom. The molecule has 1 aromatic carbocycles. The van der Waals surface area contributed by atoms with Crippen molar-refractivity contribution in [3.05, 3.63) is 23.3 Å². The second-order valence-electron chi connectivity index (χ2n) is 4.59. The first-order valence-corrected chi connectivity index (χ1v) is 5.90. The molecule has 5 heteroatoms. The second kappa shape index (κ2) is 4.76. The Labute approximate surface area is 110 Å². The van der Waals surface area contributed by atoms with Crippen molar-refractivity contribution in [2.75, 3.05) is 0 Å². The van der Waals surface area contributed by atoms with Gasteiger partial charge in [0.1, 0.15) is 5.75 Å². The van der Waals surface area contributed by atoms with E-state index >= 15 is 0 Å². The highest BCUT2D eigenvalue weighted by molar-refractivity contribution is 6.60. The van der Waals surface area contributed by atoms with Gasteiger partial charge >= 0.3 is 0 Å². The number of phenols is 1. The number of hydrogen-bond donors (Lipinski definition) is 2. The number of nitrogens with one attached hydrogen (secondary N) is 1. The molecule has 1 aliphatic rings. The first kappa shape index (κ1) is 13.1. The molecule has 0 atom stereocenters. The number of aliphatic imine (C=N–C) groups is 1. The average Bonchev–Trinajstić information content (AvgIpc) is 2.36. The van der Waals surface area contributed by atoms with Gasteiger partial charge < -0.3 is 10.5 Å². The number of hydrogen-bond acceptors (Lipinski definition) is 5. The molecular formula is C14H14N2O3. The van der Waals surface area contributed by atoms with Gasteiger partial charge in [-0.3, -0.25) is 9.59 Å². The Morgan fingerprint density at radius 1 is 1.11 bits per heavy atom. The fourth-order valence-corrected chi connectivity index (χ4v) is 1.88. The van der Waals surface area contributed by atoms with Crippen LogP contribution < -0.4 is 0 Å². The van der Waals surface area contributed by atoms with Gasteiger partial charge in [-0.15, -0.1) is 0 Å². The van der Waals surface area contributed by atoms with Gasteiger partial charge in [-0.2, -0.15) is 0 Å². The Morgan fingerprint density at radius 3 is 2.47 bits per heavy atom. The number of phenolic OH excluding ortho intramolecular Hbond substituents is 1. The summed E-state index contributed by atoms with van der Waals surface area (Å²) in [6, 6.07) is 3.13. The molecule has 0 radical (unpaired) electrons. The van der Waals surface area contributed by atoms with Gasteiger partial charge in [0.25, 0.3) is 0 Å². The number of rotatable bonds is 1. The standard InChI is InChI=1S/C14H14N2O3/c1-7-8(2)12(17)4-3-10(7)16-11-6-13(18)9(15)5-14(11)19/h3-4,15,17H,5-6H2,1-2H3. The van der Waals surface area contributed by atoms with Gasteiger partial charge in [0.15, 0.2) is 11.6 Å². The zero-order valence-electron chi connectivity index (χ0n) is 10.8. The second-order valence-corrected chi connectivity index (χ2v) is 4.59. The van der Waals surface area contributed by atoms with Crippen molar-refractivity contribution in [1.82, 2.24) is 0 Å². The highest BCUT2D eigenvalue weighted by atomic mass is 16.3. The zero-order chi connectivity index (χ0) is 14.2. The minimum Gasteiger partial charge on any atom is -0.508 e. The lowest BCUT2D eigenvalue weighted by Gasteiger charge is -2.13. The van der Waals surface area contributed by atoms with Crippen LogP contribution >= 0.6 is 0 Å². The van der Waals surface area contributed by atoms with Crippen LogP contribution in [0.15, 0.2) is 17.1 Å². The minimum absolute atomic E-state index is 0.114. The minimum atomic E-state index is -0.355. The monoisotopic (exact) mass is 258 g/mol. The van der Waals surface area contributed by atoms with E-state index in [9.17, 15) is 14.7 Å². The van der Waals surface area contributed by atoms with Gasteiger partial charge in [0.2, 0.25) is 0 Å². The van der Waals surface area contributed by atoms with Gasteiger partial charge in [0, 0.05) is 0 Å². The van der Waals surface area contributed by atoms with E-state index in [-0.39, 0.29) is 41.6 Å². The van der Waals surface area contributed by atoms with Crippen molar-refractivity contribution >= 4 is 28.7 Å². The molecule has 0 bridgehead atoms. The summed E-state index contributed by atoms with van der Waals surface area (Å²) in [6.45, 7) is 3.56. The Hall–Kier alpha value is -2.30. The molecule has 0 unspecified atom stereocenters. The summed E-state index contributed by atoms with van der Waals surface area (Å²) in [5, 5.41) is 16.9. The Bertz CT molecular complexity index is 630. The quantitative estimate of drug-likeness (QED) is 0.807. The van der Waals surface area contributed by atoms with E-state index in [0.717, 1.165) is 5.56 Å². The fourth-order valence-electron chi connectivity index (χ4n) is 1.88. The topological polar surface area (TPSA) is 90.6 Å². The third kappa shape index (κ3) is 2.45. The molecule has 1 fully saturated rings. The molecule has 0 saturated heterocycles. The van der Waals surface area contributed by atoms with Gasteiger partial charge in [-0.05, 0) is 37.1 Å². The molecule has 1 aromatic rings. The first-order chi connectivity index (χ1) is 8.90. The summed E-state index contributed by atoms with van der Waals surface area (Å²) in [5.74, 6) is -0.462. The van der Waals surface area contributed by atoms with Crippen molar-refractivity contribution in [1.29, 1.82) is 5.41 Å². The molecule has 98 valence electrons. The van der Waals surface area contributed by atoms with Crippen LogP contribution in [0.25, 0.3) is 0 Å². The molecule has 0 aliphatic heterocycles. The van der Waals surface area contributed by atoms with Crippen LogP contribution in [0, 0.1) is 19.3 Å². The van der Waals surface area contributed by atoms with Crippen LogP contribution in [0.2, 0.25) is 0 Å². The molecule has 1 aliphatic carbocycles. The highest BCUT2D eigenvalue weighted by Gasteiger charge is 2.27. The van der Waals surface area contributed by atoms with Gasteiger partial charge in [-0.25, -0.2) is 4.99 Å². The molecule has 2 rings (SSSR count). The van der Waals surface area contributed by atoms with Crippen molar-refractivity contribution in [2.45, 2.75) is 26.7 Å². The lowest BCUT2D eigenvalue weighted by molar-refractivity contribution is -0.116. The molecule has 0 spiro atoms. The maximum Gasteiger partial charge on any atom is 0.183 e. The average molecular weight is 258 g/mol. The summed E-state index contributed by atoms with van der Waals surface area (Å²) >= 11 is 0. The fraction of sp³-hybridized carbons (Fsp3) is 0.286. The zero-order valence-corrected chi connectivity index (χ0v) is 10.8. The molecule has 2 N–H and O–H groups in total. The molecule has 0 aromatic heterocycles. The maximum atomic E-state index is 11.7. The van der Waals surface area contributed by atoms with Gasteiger partial charge in [0.05, 0.1) is 30.0 Å². The number of carbonyl (C=O) groups excluding carboxylic acids is 2. The largest absolute Gasteiger partial charge is 0.508 e. The van der Waals surface area contributed by atoms with E-state index in [0.29, 0.717) is 11.3 Å². The van der Waals surface area contributed by atoms with Crippen LogP contribution in [0.1, 0.15) is 24.0 Å². The number of Topliss-reactive ketones (excluding diaryl/α,β-unsaturated/α-hetero) is 2. The number of carbonyl (C=O) groups is 2. The van der Waals surface area contributed by atoms with E-state index in [1.54, 1.807) is 19.9 Å². The third-order valence-corrected chi connectivity index (χ3v) is 3.31. The predicted molar refractivity (Wildman–Crippen MR) is 71.7 cm³/mol. The van der Waals surface area contributed by atoms with Crippen LogP contribution in [0.4, 0.5) is 5.69 Å². The van der Waals surface area contributed by atoms with Crippen molar-refractivity contribution in [3.8, 4) is 5.75 Å². The Kier molecular flexibility index (Phi) is 3.29. The van der Waals surface area contributed by atoms with Crippen LogP contribution in [-0.2, 0) is 9.59 Å². The smallest absolute Gasteiger partial charge is 0.183 e. The van der Waals surface area contributed by atoms with Crippen molar-refractivity contribution in [2.24, 2.45) is 4.99 Å². The maximum absolute atomic E-state index is 11.7. The summed E-state index contributed by atoms with van der Waals surface area (Å²) in [5.41, 5.74) is 2.08. The summed E-state index contributed by atoms with van der Waals surface area (Å²) in [6.07, 6.45) is -0.287. The van der Waals surface area contributed by atoms with E-state index in [1.807, 2.05) is 0 Å². The predicted octanol–water partition coefficient (Wildman–Crippen LogP) is 2.03. The number of ketones is 2. The molecule has 0 amide bonds. The molecule has 5 nitrogen and oxygen atoms in total. The number of aromatic hydroxyl groups is 1. The van der Waals surface area contributed by atoms with Gasteiger partial charge in [-0.1, -0.05) is 0 Å². The van der Waals surface area contributed by atoms with Crippen molar-refractivity contribution in [3.63, 3.8) is 0 Å². The van der Waals surface area contributed by atoms with E-state index in [4.69, 9.17) is 5.41 Å². The van der Waals surface area contributed by atoms with E-state index in [1.165, 1.54) is 6.07 Å². The number of benzene rings is 1.